The number of hydrogen-bond acceptors (Lipinski definition) is 6. The van der Waals surface area contributed by atoms with Crippen LogP contribution in [0.25, 0.3) is 0 Å². The van der Waals surface area contributed by atoms with E-state index in [9.17, 15) is 8.42 Å². The molecule has 0 unspecified atom stereocenters. The Bertz CT molecular complexity index is 778. The van der Waals surface area contributed by atoms with Crippen molar-refractivity contribution in [2.45, 2.75) is 39.2 Å². The van der Waals surface area contributed by atoms with Gasteiger partial charge in [-0.1, -0.05) is 32.0 Å². The Morgan fingerprint density at radius 2 is 1.87 bits per heavy atom. The number of nitrogens with one attached hydrogen (secondary N) is 2. The largest absolute Gasteiger partial charge is 0.374 e. The summed E-state index contributed by atoms with van der Waals surface area (Å²) >= 11 is 0. The van der Waals surface area contributed by atoms with Gasteiger partial charge in [-0.25, -0.2) is 8.42 Å². The van der Waals surface area contributed by atoms with E-state index < -0.39 is 10.0 Å². The van der Waals surface area contributed by atoms with Crippen LogP contribution < -0.4 is 10.0 Å². The van der Waals surface area contributed by atoms with E-state index in [0.29, 0.717) is 17.4 Å². The molecule has 7 nitrogen and oxygen atoms in total. The van der Waals surface area contributed by atoms with Crippen molar-refractivity contribution in [1.29, 1.82) is 0 Å². The molecular formula is C15H22N4O3S. The molecule has 0 fully saturated rings. The van der Waals surface area contributed by atoms with Gasteiger partial charge in [0.15, 0.2) is 5.82 Å². The van der Waals surface area contributed by atoms with Gasteiger partial charge >= 0.3 is 0 Å². The van der Waals surface area contributed by atoms with Crippen molar-refractivity contribution >= 4 is 21.4 Å². The van der Waals surface area contributed by atoms with Crippen molar-refractivity contribution < 1.29 is 12.9 Å². The van der Waals surface area contributed by atoms with Gasteiger partial charge in [0.05, 0.1) is 11.9 Å². The van der Waals surface area contributed by atoms with Crippen LogP contribution in [-0.4, -0.2) is 24.8 Å². The molecule has 0 aliphatic rings. The number of aromatic nitrogens is 2. The van der Waals surface area contributed by atoms with Crippen LogP contribution in [0, 0.1) is 0 Å². The molecule has 0 bridgehead atoms. The minimum absolute atomic E-state index is 0.180. The Balaban J connectivity index is 2.12. The van der Waals surface area contributed by atoms with Gasteiger partial charge in [-0.15, -0.1) is 0 Å². The molecule has 1 aromatic heterocycles. The van der Waals surface area contributed by atoms with Crippen molar-refractivity contribution in [3.8, 4) is 0 Å². The van der Waals surface area contributed by atoms with E-state index in [0.717, 1.165) is 11.9 Å². The van der Waals surface area contributed by atoms with Crippen LogP contribution in [0.15, 0.2) is 28.8 Å². The molecule has 0 amide bonds. The fourth-order valence-corrected chi connectivity index (χ4v) is 2.47. The van der Waals surface area contributed by atoms with Crippen molar-refractivity contribution in [1.82, 2.24) is 10.1 Å². The van der Waals surface area contributed by atoms with Crippen LogP contribution in [0.3, 0.4) is 0 Å². The maximum absolute atomic E-state index is 11.3. The average Bonchev–Trinajstić information content (AvgIpc) is 2.86. The zero-order valence-electron chi connectivity index (χ0n) is 13.9. The van der Waals surface area contributed by atoms with Crippen molar-refractivity contribution in [2.24, 2.45) is 0 Å². The number of rotatable bonds is 5. The molecule has 0 radical (unpaired) electrons. The summed E-state index contributed by atoms with van der Waals surface area (Å²) in [5, 5.41) is 7.22. The number of hydrogen-bond donors (Lipinski definition) is 2. The molecule has 0 aliphatic heterocycles. The lowest BCUT2D eigenvalue weighted by Crippen LogP contribution is -2.14. The Hall–Kier alpha value is -2.09. The Labute approximate surface area is 136 Å². The fraction of sp³-hybridized carbons (Fsp3) is 0.467. The number of nitrogens with zero attached hydrogens (tertiary/aromatic N) is 2. The maximum Gasteiger partial charge on any atom is 0.248 e. The van der Waals surface area contributed by atoms with Crippen LogP contribution in [0.4, 0.5) is 11.4 Å². The van der Waals surface area contributed by atoms with Crippen LogP contribution in [0.1, 0.15) is 45.5 Å². The summed E-state index contributed by atoms with van der Waals surface area (Å²) in [6, 6.07) is 6.79. The predicted molar refractivity (Wildman–Crippen MR) is 89.9 cm³/mol. The summed E-state index contributed by atoms with van der Waals surface area (Å²) in [6.07, 6.45) is 1.11. The molecule has 8 heteroatoms. The second-order valence-electron chi connectivity index (χ2n) is 6.53. The van der Waals surface area contributed by atoms with E-state index in [1.165, 1.54) is 0 Å². The molecule has 0 aliphatic carbocycles. The molecule has 1 atom stereocenters. The van der Waals surface area contributed by atoms with Gasteiger partial charge in [-0.2, -0.15) is 4.98 Å². The molecule has 1 aromatic carbocycles. The highest BCUT2D eigenvalue weighted by molar-refractivity contribution is 7.92. The van der Waals surface area contributed by atoms with Crippen LogP contribution in [0.2, 0.25) is 0 Å². The highest BCUT2D eigenvalue weighted by Crippen LogP contribution is 2.24. The molecule has 1 heterocycles. The first-order valence-corrected chi connectivity index (χ1v) is 9.12. The first-order valence-electron chi connectivity index (χ1n) is 7.23. The fourth-order valence-electron chi connectivity index (χ4n) is 1.91. The van der Waals surface area contributed by atoms with Crippen LogP contribution in [-0.2, 0) is 15.4 Å². The Kier molecular flexibility index (Phi) is 4.65. The maximum atomic E-state index is 11.3. The van der Waals surface area contributed by atoms with Gasteiger partial charge in [0.2, 0.25) is 15.9 Å². The third kappa shape index (κ3) is 4.95. The van der Waals surface area contributed by atoms with Crippen molar-refractivity contribution in [3.63, 3.8) is 0 Å². The van der Waals surface area contributed by atoms with E-state index in [4.69, 9.17) is 4.52 Å². The normalized spacial score (nSPS) is 13.6. The standard InChI is InChI=1S/C15H22N4O3S/c1-10(13-17-14(18-22-13)15(2,3)4)16-11-7-6-8-12(9-11)19-23(5,20)21/h6-10,16,19H,1-5H3/t10-/m1/s1. The van der Waals surface area contributed by atoms with Gasteiger partial charge in [-0.05, 0) is 25.1 Å². The van der Waals surface area contributed by atoms with E-state index in [1.54, 1.807) is 18.2 Å². The van der Waals surface area contributed by atoms with Gasteiger partial charge in [0.1, 0.15) is 6.04 Å². The second kappa shape index (κ2) is 6.19. The monoisotopic (exact) mass is 338 g/mol. The van der Waals surface area contributed by atoms with E-state index >= 15 is 0 Å². The highest BCUT2D eigenvalue weighted by atomic mass is 32.2. The minimum atomic E-state index is -3.31. The number of benzene rings is 1. The topological polar surface area (TPSA) is 97.1 Å². The molecule has 0 saturated carbocycles. The summed E-state index contributed by atoms with van der Waals surface area (Å²) in [7, 11) is -3.31. The molecule has 126 valence electrons. The quantitative estimate of drug-likeness (QED) is 0.870. The lowest BCUT2D eigenvalue weighted by atomic mass is 9.96. The van der Waals surface area contributed by atoms with Gasteiger partial charge in [0.25, 0.3) is 0 Å². The highest BCUT2D eigenvalue weighted by Gasteiger charge is 2.23. The second-order valence-corrected chi connectivity index (χ2v) is 8.28. The van der Waals surface area contributed by atoms with Gasteiger partial charge in [-0.3, -0.25) is 4.72 Å². The molecule has 2 aromatic rings. The van der Waals surface area contributed by atoms with Gasteiger partial charge < -0.3 is 9.84 Å². The van der Waals surface area contributed by atoms with Crippen LogP contribution in [0.5, 0.6) is 0 Å². The zero-order chi connectivity index (χ0) is 17.3. The van der Waals surface area contributed by atoms with Crippen molar-refractivity contribution in [3.05, 3.63) is 36.0 Å². The first kappa shape index (κ1) is 17.3. The van der Waals surface area contributed by atoms with Gasteiger partial charge in [0, 0.05) is 11.1 Å². The van der Waals surface area contributed by atoms with Crippen LogP contribution >= 0.6 is 0 Å². The average molecular weight is 338 g/mol. The summed E-state index contributed by atoms with van der Waals surface area (Å²) in [5.74, 6) is 1.13. The third-order valence-electron chi connectivity index (χ3n) is 3.03. The van der Waals surface area contributed by atoms with E-state index in [-0.39, 0.29) is 11.5 Å². The summed E-state index contributed by atoms with van der Waals surface area (Å²) in [4.78, 5) is 4.41. The minimum Gasteiger partial charge on any atom is -0.374 e. The number of sulfonamides is 1. The predicted octanol–water partition coefficient (Wildman–Crippen LogP) is 2.91. The van der Waals surface area contributed by atoms with Crippen molar-refractivity contribution in [2.75, 3.05) is 16.3 Å². The lowest BCUT2D eigenvalue weighted by molar-refractivity contribution is 0.354. The smallest absolute Gasteiger partial charge is 0.248 e. The summed E-state index contributed by atoms with van der Waals surface area (Å²) in [5.41, 5.74) is 1.06. The molecule has 2 N–H and O–H groups in total. The molecule has 0 saturated heterocycles. The summed E-state index contributed by atoms with van der Waals surface area (Å²) in [6.45, 7) is 7.94. The molecule has 0 spiro atoms. The van der Waals surface area contributed by atoms with E-state index in [1.807, 2.05) is 33.8 Å². The first-order chi connectivity index (χ1) is 10.5. The van der Waals surface area contributed by atoms with E-state index in [2.05, 4.69) is 20.2 Å². The third-order valence-corrected chi connectivity index (χ3v) is 3.64. The molecular weight excluding hydrogens is 316 g/mol. The zero-order valence-corrected chi connectivity index (χ0v) is 14.7. The Morgan fingerprint density at radius 3 is 2.43 bits per heavy atom. The lowest BCUT2D eigenvalue weighted by Gasteiger charge is -2.13. The number of anilines is 2. The molecule has 23 heavy (non-hydrogen) atoms. The SMILES string of the molecule is C[C@@H](Nc1cccc(NS(C)(=O)=O)c1)c1nc(C(C)(C)C)no1. The molecule has 2 rings (SSSR count). The summed E-state index contributed by atoms with van der Waals surface area (Å²) < 4.78 is 30.3. The Morgan fingerprint density at radius 1 is 1.22 bits per heavy atom.